The fourth-order valence-electron chi connectivity index (χ4n) is 1.42. The highest BCUT2D eigenvalue weighted by molar-refractivity contribution is 5.85. The number of nitrogens with zero attached hydrogens (tertiary/aromatic N) is 1. The van der Waals surface area contributed by atoms with Gasteiger partial charge in [0.05, 0.1) is 0 Å². The number of nitrogens with two attached hydrogens (primary N) is 1. The minimum atomic E-state index is -2.65. The van der Waals surface area contributed by atoms with Crippen molar-refractivity contribution in [2.24, 2.45) is 5.73 Å². The number of rotatable bonds is 4. The van der Waals surface area contributed by atoms with E-state index in [4.69, 9.17) is 16.9 Å². The standard InChI is InChI=1S/C11H11FN2O4/c1-3-11(12)9(17)7(2)18-10(11)14(6-15)5-4-8(13)16/h1,4-6,9-10,17H,2H2,(H2,13,16)/b5-4-/t9-,10-,11-/m1/s1. The second-order valence-corrected chi connectivity index (χ2v) is 3.52. The Morgan fingerprint density at radius 1 is 1.78 bits per heavy atom. The first kappa shape index (κ1) is 13.7. The highest BCUT2D eigenvalue weighted by atomic mass is 19.1. The number of carbonyl (C=O) groups excluding carboxylic acids is 2. The molecule has 0 unspecified atom stereocenters. The van der Waals surface area contributed by atoms with E-state index in [1.54, 1.807) is 5.92 Å². The van der Waals surface area contributed by atoms with Crippen LogP contribution in [-0.4, -0.2) is 40.3 Å². The van der Waals surface area contributed by atoms with Gasteiger partial charge in [-0.15, -0.1) is 6.42 Å². The van der Waals surface area contributed by atoms with Crippen molar-refractivity contribution in [1.82, 2.24) is 4.90 Å². The molecule has 1 fully saturated rings. The molecule has 3 atom stereocenters. The fraction of sp³-hybridized carbons (Fsp3) is 0.273. The molecule has 6 nitrogen and oxygen atoms in total. The number of alkyl halides is 1. The van der Waals surface area contributed by atoms with Crippen LogP contribution in [0.1, 0.15) is 0 Å². The smallest absolute Gasteiger partial charge is 0.259 e. The molecule has 0 radical (unpaired) electrons. The maximum Gasteiger partial charge on any atom is 0.259 e. The minimum Gasteiger partial charge on any atom is -0.467 e. The molecule has 0 aromatic heterocycles. The summed E-state index contributed by atoms with van der Waals surface area (Å²) in [6, 6.07) is 0. The Morgan fingerprint density at radius 2 is 2.39 bits per heavy atom. The summed E-state index contributed by atoms with van der Waals surface area (Å²) in [5.74, 6) is 0.571. The summed E-state index contributed by atoms with van der Waals surface area (Å²) in [7, 11) is 0. The van der Waals surface area contributed by atoms with E-state index in [-0.39, 0.29) is 12.2 Å². The van der Waals surface area contributed by atoms with Crippen LogP contribution in [0.2, 0.25) is 0 Å². The van der Waals surface area contributed by atoms with Crippen LogP contribution in [0.3, 0.4) is 0 Å². The number of terminal acetylenes is 1. The van der Waals surface area contributed by atoms with Crippen molar-refractivity contribution in [2.45, 2.75) is 18.0 Å². The lowest BCUT2D eigenvalue weighted by atomic mass is 9.99. The number of hydrogen-bond acceptors (Lipinski definition) is 4. The van der Waals surface area contributed by atoms with Gasteiger partial charge in [-0.1, -0.05) is 12.5 Å². The van der Waals surface area contributed by atoms with Crippen LogP contribution in [-0.2, 0) is 14.3 Å². The van der Waals surface area contributed by atoms with Gasteiger partial charge in [0.1, 0.15) is 5.76 Å². The van der Waals surface area contributed by atoms with Crippen LogP contribution in [0.25, 0.3) is 0 Å². The summed E-state index contributed by atoms with van der Waals surface area (Å²) in [5.41, 5.74) is 2.19. The first-order chi connectivity index (χ1) is 8.36. The molecule has 2 amide bonds. The van der Waals surface area contributed by atoms with E-state index >= 15 is 0 Å². The normalized spacial score (nSPS) is 30.8. The van der Waals surface area contributed by atoms with Crippen molar-refractivity contribution in [1.29, 1.82) is 0 Å². The molecule has 18 heavy (non-hydrogen) atoms. The third kappa shape index (κ3) is 2.19. The predicted octanol–water partition coefficient (Wildman–Crippen LogP) is -0.984. The molecule has 0 aromatic carbocycles. The van der Waals surface area contributed by atoms with E-state index in [0.29, 0.717) is 4.90 Å². The summed E-state index contributed by atoms with van der Waals surface area (Å²) in [6.07, 6.45) is 3.52. The molecule has 1 saturated heterocycles. The first-order valence-electron chi connectivity index (χ1n) is 4.77. The molecular formula is C11H11FN2O4. The molecule has 0 aliphatic carbocycles. The van der Waals surface area contributed by atoms with Gasteiger partial charge in [-0.2, -0.15) is 0 Å². The zero-order valence-corrected chi connectivity index (χ0v) is 9.25. The first-order valence-corrected chi connectivity index (χ1v) is 4.77. The molecule has 3 N–H and O–H groups in total. The Bertz CT molecular complexity index is 456. The molecular weight excluding hydrogens is 243 g/mol. The second-order valence-electron chi connectivity index (χ2n) is 3.52. The van der Waals surface area contributed by atoms with Gasteiger partial charge in [-0.25, -0.2) is 4.39 Å². The summed E-state index contributed by atoms with van der Waals surface area (Å²) < 4.78 is 19.2. The SMILES string of the molecule is C#C[C@@]1(F)[C@H](O)C(=C)O[C@H]1N(C=O)/C=C\C(N)=O. The topological polar surface area (TPSA) is 92.9 Å². The highest BCUT2D eigenvalue weighted by Gasteiger charge is 2.56. The number of hydrogen-bond donors (Lipinski definition) is 2. The van der Waals surface area contributed by atoms with Gasteiger partial charge in [-0.05, 0) is 0 Å². The van der Waals surface area contributed by atoms with E-state index in [2.05, 4.69) is 6.58 Å². The van der Waals surface area contributed by atoms with Crippen molar-refractivity contribution in [2.75, 3.05) is 0 Å². The zero-order valence-electron chi connectivity index (χ0n) is 9.25. The zero-order chi connectivity index (χ0) is 13.9. The summed E-state index contributed by atoms with van der Waals surface area (Å²) in [5, 5.41) is 9.51. The highest BCUT2D eigenvalue weighted by Crippen LogP contribution is 2.37. The molecule has 0 saturated carbocycles. The Kier molecular flexibility index (Phi) is 3.73. The van der Waals surface area contributed by atoms with Gasteiger partial charge >= 0.3 is 0 Å². The third-order valence-corrected chi connectivity index (χ3v) is 2.35. The monoisotopic (exact) mass is 254 g/mol. The number of carbonyl (C=O) groups is 2. The van der Waals surface area contributed by atoms with Crippen molar-refractivity contribution < 1.29 is 23.8 Å². The maximum atomic E-state index is 14.3. The van der Waals surface area contributed by atoms with Crippen LogP contribution in [0.5, 0.6) is 0 Å². The molecule has 1 heterocycles. The Hall–Kier alpha value is -2.33. The van der Waals surface area contributed by atoms with Gasteiger partial charge < -0.3 is 15.6 Å². The lowest BCUT2D eigenvalue weighted by Gasteiger charge is -2.27. The number of aliphatic hydroxyl groups is 1. The second kappa shape index (κ2) is 4.89. The van der Waals surface area contributed by atoms with E-state index in [1.165, 1.54) is 0 Å². The van der Waals surface area contributed by atoms with Crippen LogP contribution in [0.4, 0.5) is 4.39 Å². The molecule has 1 aliphatic rings. The summed E-state index contributed by atoms with van der Waals surface area (Å²) in [6.45, 7) is 3.27. The van der Waals surface area contributed by atoms with Gasteiger partial charge in [0.2, 0.25) is 18.5 Å². The Balaban J connectivity index is 3.07. The van der Waals surface area contributed by atoms with Crippen LogP contribution in [0.15, 0.2) is 24.6 Å². The van der Waals surface area contributed by atoms with Gasteiger partial charge in [-0.3, -0.25) is 14.5 Å². The van der Waals surface area contributed by atoms with Crippen molar-refractivity contribution in [3.05, 3.63) is 24.6 Å². The third-order valence-electron chi connectivity index (χ3n) is 2.35. The van der Waals surface area contributed by atoms with E-state index in [1.807, 2.05) is 0 Å². The number of amides is 2. The Labute approximate surface area is 102 Å². The van der Waals surface area contributed by atoms with Gasteiger partial charge in [0, 0.05) is 12.3 Å². The maximum absolute atomic E-state index is 14.3. The molecule has 0 bridgehead atoms. The van der Waals surface area contributed by atoms with Crippen LogP contribution >= 0.6 is 0 Å². The summed E-state index contributed by atoms with van der Waals surface area (Å²) in [4.78, 5) is 22.0. The van der Waals surface area contributed by atoms with Crippen LogP contribution < -0.4 is 5.73 Å². The lowest BCUT2D eigenvalue weighted by Crippen LogP contribution is -2.48. The molecule has 96 valence electrons. The van der Waals surface area contributed by atoms with Crippen LogP contribution in [0, 0.1) is 12.3 Å². The molecule has 1 aliphatic heterocycles. The minimum absolute atomic E-state index is 0.182. The number of halogens is 1. The molecule has 7 heteroatoms. The number of primary amides is 1. The lowest BCUT2D eigenvalue weighted by molar-refractivity contribution is -0.128. The Morgan fingerprint density at radius 3 is 2.83 bits per heavy atom. The van der Waals surface area contributed by atoms with Crippen molar-refractivity contribution >= 4 is 12.3 Å². The summed E-state index contributed by atoms with van der Waals surface area (Å²) >= 11 is 0. The van der Waals surface area contributed by atoms with Gasteiger partial charge in [0.15, 0.2) is 6.10 Å². The van der Waals surface area contributed by atoms with E-state index < -0.39 is 23.9 Å². The molecule has 0 spiro atoms. The van der Waals surface area contributed by atoms with E-state index in [9.17, 15) is 19.1 Å². The fourth-order valence-corrected chi connectivity index (χ4v) is 1.42. The number of ether oxygens (including phenoxy) is 1. The average Bonchev–Trinajstić information content (AvgIpc) is 2.55. The van der Waals surface area contributed by atoms with Crippen molar-refractivity contribution in [3.63, 3.8) is 0 Å². The van der Waals surface area contributed by atoms with E-state index in [0.717, 1.165) is 12.3 Å². The molecule has 0 aromatic rings. The van der Waals surface area contributed by atoms with Gasteiger partial charge in [0.25, 0.3) is 5.67 Å². The quantitative estimate of drug-likeness (QED) is 0.383. The molecule has 1 rings (SSSR count). The van der Waals surface area contributed by atoms with Crippen molar-refractivity contribution in [3.8, 4) is 12.3 Å². The average molecular weight is 254 g/mol. The largest absolute Gasteiger partial charge is 0.467 e. The number of aliphatic hydroxyl groups excluding tert-OH is 1. The predicted molar refractivity (Wildman–Crippen MR) is 58.9 cm³/mol.